The molecule has 4 saturated carbocycles. The van der Waals surface area contributed by atoms with E-state index < -0.39 is 5.79 Å². The Bertz CT molecular complexity index is 904. The number of carbonyl (C=O) groups excluding carboxylic acids is 2. The van der Waals surface area contributed by atoms with Gasteiger partial charge in [0.1, 0.15) is 6.10 Å². The molecule has 0 aromatic carbocycles. The van der Waals surface area contributed by atoms with Gasteiger partial charge >= 0.3 is 11.9 Å². The average Bonchev–Trinajstić information content (AvgIpc) is 3.31. The second kappa shape index (κ2) is 10.4. The highest BCUT2D eigenvalue weighted by Crippen LogP contribution is 2.71. The number of carbonyl (C=O) groups is 2. The van der Waals surface area contributed by atoms with Crippen LogP contribution in [0, 0.1) is 52.3 Å². The largest absolute Gasteiger partial charge is 0.466 e. The Morgan fingerprint density at radius 3 is 2.39 bits per heavy atom. The highest BCUT2D eigenvalue weighted by molar-refractivity contribution is 5.66. The number of methoxy groups -OCH3 is 1. The van der Waals surface area contributed by atoms with Crippen molar-refractivity contribution in [2.75, 3.05) is 13.7 Å². The van der Waals surface area contributed by atoms with E-state index in [1.54, 1.807) is 6.92 Å². The van der Waals surface area contributed by atoms with Crippen molar-refractivity contribution in [3.8, 4) is 0 Å². The molecule has 0 N–H and O–H groups in total. The van der Waals surface area contributed by atoms with Gasteiger partial charge in [0.2, 0.25) is 0 Å². The van der Waals surface area contributed by atoms with Crippen molar-refractivity contribution in [1.29, 1.82) is 0 Å². The molecule has 5 rings (SSSR count). The van der Waals surface area contributed by atoms with Crippen LogP contribution in [0.25, 0.3) is 0 Å². The van der Waals surface area contributed by atoms with Crippen LogP contribution in [0.4, 0.5) is 0 Å². The maximum atomic E-state index is 11.6. The Hall–Kier alpha value is -1.14. The molecule has 5 aliphatic rings. The Morgan fingerprint density at radius 2 is 1.71 bits per heavy atom. The van der Waals surface area contributed by atoms with E-state index >= 15 is 0 Å². The predicted octanol–water partition coefficient (Wildman–Crippen LogP) is 6.54. The molecule has 0 aromatic heterocycles. The third kappa shape index (κ3) is 4.63. The number of hydrogen-bond acceptors (Lipinski definition) is 6. The molecule has 38 heavy (non-hydrogen) atoms. The van der Waals surface area contributed by atoms with E-state index in [1.807, 2.05) is 7.11 Å². The molecule has 216 valence electrons. The number of esters is 2. The van der Waals surface area contributed by atoms with Gasteiger partial charge in [0, 0.05) is 33.3 Å². The second-order valence-corrected chi connectivity index (χ2v) is 14.4. The van der Waals surface area contributed by atoms with Crippen molar-refractivity contribution in [2.24, 2.45) is 52.3 Å². The zero-order valence-corrected chi connectivity index (χ0v) is 24.9. The molecule has 1 aliphatic heterocycles. The van der Waals surface area contributed by atoms with Crippen LogP contribution in [0.15, 0.2) is 0 Å². The molecule has 0 amide bonds. The Balaban J connectivity index is 1.28. The fraction of sp³-hybridized carbons (Fsp3) is 0.938. The maximum Gasteiger partial charge on any atom is 0.302 e. The smallest absolute Gasteiger partial charge is 0.302 e. The van der Waals surface area contributed by atoms with Crippen LogP contribution in [0.1, 0.15) is 106 Å². The summed E-state index contributed by atoms with van der Waals surface area (Å²) in [6, 6.07) is 0. The Kier molecular flexibility index (Phi) is 7.74. The summed E-state index contributed by atoms with van der Waals surface area (Å²) < 4.78 is 24.1. The summed E-state index contributed by atoms with van der Waals surface area (Å²) in [5, 5.41) is 0. The summed E-state index contributed by atoms with van der Waals surface area (Å²) in [6.45, 7) is 13.2. The highest BCUT2D eigenvalue weighted by atomic mass is 16.7. The minimum atomic E-state index is -0.538. The van der Waals surface area contributed by atoms with Crippen molar-refractivity contribution in [3.05, 3.63) is 0 Å². The zero-order chi connectivity index (χ0) is 27.5. The van der Waals surface area contributed by atoms with Crippen LogP contribution in [-0.4, -0.2) is 43.7 Å². The first-order chi connectivity index (χ1) is 17.9. The quantitative estimate of drug-likeness (QED) is 0.347. The van der Waals surface area contributed by atoms with Crippen molar-refractivity contribution in [1.82, 2.24) is 0 Å². The summed E-state index contributed by atoms with van der Waals surface area (Å²) in [7, 11) is 1.82. The molecule has 0 spiro atoms. The van der Waals surface area contributed by atoms with Gasteiger partial charge in [0.25, 0.3) is 0 Å². The van der Waals surface area contributed by atoms with Crippen LogP contribution in [-0.2, 0) is 28.5 Å². The van der Waals surface area contributed by atoms with Crippen molar-refractivity contribution in [3.63, 3.8) is 0 Å². The van der Waals surface area contributed by atoms with E-state index in [9.17, 15) is 9.59 Å². The minimum absolute atomic E-state index is 0.120. The van der Waals surface area contributed by atoms with E-state index in [1.165, 1.54) is 39.0 Å². The van der Waals surface area contributed by atoms with E-state index in [4.69, 9.17) is 18.9 Å². The van der Waals surface area contributed by atoms with Gasteiger partial charge in [-0.05, 0) is 104 Å². The third-order valence-electron chi connectivity index (χ3n) is 12.5. The number of rotatable bonds is 7. The topological polar surface area (TPSA) is 71.1 Å². The van der Waals surface area contributed by atoms with Gasteiger partial charge in [-0.1, -0.05) is 27.7 Å². The number of ether oxygens (including phenoxy) is 4. The molecular weight excluding hydrogens is 480 g/mol. The lowest BCUT2D eigenvalue weighted by Gasteiger charge is -2.61. The lowest BCUT2D eigenvalue weighted by atomic mass is 9.44. The molecule has 4 aliphatic carbocycles. The van der Waals surface area contributed by atoms with Crippen LogP contribution in [0.2, 0.25) is 0 Å². The molecule has 1 saturated heterocycles. The molecule has 0 radical (unpaired) electrons. The van der Waals surface area contributed by atoms with Crippen LogP contribution < -0.4 is 0 Å². The summed E-state index contributed by atoms with van der Waals surface area (Å²) in [6.07, 6.45) is 11.8. The Morgan fingerprint density at radius 1 is 0.974 bits per heavy atom. The molecule has 6 nitrogen and oxygen atoms in total. The number of fused-ring (bicyclic) bond motifs is 7. The lowest BCUT2D eigenvalue weighted by Crippen LogP contribution is -2.55. The van der Waals surface area contributed by atoms with Gasteiger partial charge < -0.3 is 18.9 Å². The van der Waals surface area contributed by atoms with Gasteiger partial charge in [-0.15, -0.1) is 0 Å². The summed E-state index contributed by atoms with van der Waals surface area (Å²) >= 11 is 0. The normalized spacial score (nSPS) is 48.3. The lowest BCUT2D eigenvalue weighted by molar-refractivity contribution is -0.239. The fourth-order valence-electron chi connectivity index (χ4n) is 10.7. The predicted molar refractivity (Wildman–Crippen MR) is 145 cm³/mol. The molecule has 1 heterocycles. The van der Waals surface area contributed by atoms with Crippen LogP contribution in [0.5, 0.6) is 0 Å². The first kappa shape index (κ1) is 28.4. The second-order valence-electron chi connectivity index (χ2n) is 14.4. The molecule has 12 atom stereocenters. The molecule has 5 fully saturated rings. The molecule has 0 unspecified atom stereocenters. The first-order valence-electron chi connectivity index (χ1n) is 15.5. The SMILES string of the molecule is CO[C@]1(CC[C@H](C)COC(C)=O)O[C@H]2C[C@H]3[C@@H]4CC[C@@H]5C[C@@H](OC(C)=O)CC[C@]5(C)[C@H]4CC[C@]3(C)[C@H]2[C@@H]1C. The van der Waals surface area contributed by atoms with E-state index in [0.29, 0.717) is 35.2 Å². The monoisotopic (exact) mass is 532 g/mol. The van der Waals surface area contributed by atoms with Crippen LogP contribution in [0.3, 0.4) is 0 Å². The number of hydrogen-bond donors (Lipinski definition) is 0. The maximum absolute atomic E-state index is 11.6. The summed E-state index contributed by atoms with van der Waals surface area (Å²) in [4.78, 5) is 22.8. The third-order valence-corrected chi connectivity index (χ3v) is 12.5. The van der Waals surface area contributed by atoms with Gasteiger partial charge in [0.05, 0.1) is 12.7 Å². The van der Waals surface area contributed by atoms with Crippen molar-refractivity contribution >= 4 is 11.9 Å². The van der Waals surface area contributed by atoms with Gasteiger partial charge in [-0.25, -0.2) is 0 Å². The van der Waals surface area contributed by atoms with Gasteiger partial charge in [0.15, 0.2) is 5.79 Å². The van der Waals surface area contributed by atoms with E-state index in [-0.39, 0.29) is 30.1 Å². The fourth-order valence-corrected chi connectivity index (χ4v) is 10.7. The van der Waals surface area contributed by atoms with Crippen molar-refractivity contribution < 1.29 is 28.5 Å². The summed E-state index contributed by atoms with van der Waals surface area (Å²) in [5.41, 5.74) is 0.673. The molecular formula is C32H52O6. The summed E-state index contributed by atoms with van der Waals surface area (Å²) in [5.74, 6) is 3.24. The first-order valence-corrected chi connectivity index (χ1v) is 15.5. The van der Waals surface area contributed by atoms with Crippen molar-refractivity contribution in [2.45, 2.75) is 124 Å². The highest BCUT2D eigenvalue weighted by Gasteiger charge is 2.68. The van der Waals surface area contributed by atoms with E-state index in [2.05, 4.69) is 27.7 Å². The molecule has 0 bridgehead atoms. The van der Waals surface area contributed by atoms with Gasteiger partial charge in [-0.3, -0.25) is 9.59 Å². The molecule has 0 aromatic rings. The zero-order valence-electron chi connectivity index (χ0n) is 24.9. The van der Waals surface area contributed by atoms with Crippen LogP contribution >= 0.6 is 0 Å². The minimum Gasteiger partial charge on any atom is -0.466 e. The average molecular weight is 533 g/mol. The van der Waals surface area contributed by atoms with E-state index in [0.717, 1.165) is 49.9 Å². The standard InChI is InChI=1S/C32H52O6/c1-19(18-36-21(3)33)10-15-32(35-7)20(2)29-28(38-32)17-27-25-9-8-23-16-24(37-22(4)34)11-13-30(23,5)26(25)12-14-31(27,29)6/h19-20,23-29H,8-18H2,1-7H3/t19-,20-,23+,24-,25+,26-,27-,28-,29-,30-,31-,32+/m0/s1. The Labute approximate surface area is 230 Å². The molecule has 6 heteroatoms. The van der Waals surface area contributed by atoms with Gasteiger partial charge in [-0.2, -0.15) is 0 Å².